The van der Waals surface area contributed by atoms with Crippen molar-refractivity contribution >= 4 is 16.9 Å². The molecule has 2 aromatic carbocycles. The third-order valence-electron chi connectivity index (χ3n) is 7.40. The molecule has 1 aromatic heterocycles. The highest BCUT2D eigenvalue weighted by Gasteiger charge is 2.35. The molecule has 2 aliphatic heterocycles. The smallest absolute Gasteiger partial charge is 0.289 e. The minimum absolute atomic E-state index is 0.0611. The van der Waals surface area contributed by atoms with Gasteiger partial charge in [-0.3, -0.25) is 9.69 Å². The lowest BCUT2D eigenvalue weighted by atomic mass is 9.84. The van der Waals surface area contributed by atoms with Crippen LogP contribution in [-0.4, -0.2) is 72.0 Å². The van der Waals surface area contributed by atoms with Crippen molar-refractivity contribution in [3.8, 4) is 0 Å². The second-order valence-corrected chi connectivity index (χ2v) is 9.82. The van der Waals surface area contributed by atoms with Gasteiger partial charge in [-0.1, -0.05) is 12.1 Å². The molecule has 2 aliphatic rings. The van der Waals surface area contributed by atoms with Crippen molar-refractivity contribution in [2.45, 2.75) is 31.4 Å². The molecule has 0 saturated carbocycles. The highest BCUT2D eigenvalue weighted by atomic mass is 19.1. The van der Waals surface area contributed by atoms with Crippen LogP contribution in [0.2, 0.25) is 0 Å². The molecular formula is C27H31F2N3O3. The van der Waals surface area contributed by atoms with Gasteiger partial charge in [0.2, 0.25) is 0 Å². The zero-order valence-corrected chi connectivity index (χ0v) is 20.0. The van der Waals surface area contributed by atoms with E-state index in [9.17, 15) is 18.7 Å². The molecule has 0 spiro atoms. The number of likely N-dealkylation sites (tertiary alicyclic amines) is 1. The van der Waals surface area contributed by atoms with Crippen molar-refractivity contribution in [3.63, 3.8) is 0 Å². The summed E-state index contributed by atoms with van der Waals surface area (Å²) in [6.45, 7) is 4.39. The third-order valence-corrected chi connectivity index (χ3v) is 7.40. The van der Waals surface area contributed by atoms with E-state index in [1.807, 2.05) is 21.9 Å². The Morgan fingerprint density at radius 3 is 2.49 bits per heavy atom. The minimum Gasteiger partial charge on any atom is -0.451 e. The van der Waals surface area contributed by atoms with Gasteiger partial charge in [0, 0.05) is 50.2 Å². The van der Waals surface area contributed by atoms with E-state index in [0.717, 1.165) is 30.5 Å². The van der Waals surface area contributed by atoms with Crippen molar-refractivity contribution in [1.82, 2.24) is 14.7 Å². The Bertz CT molecular complexity index is 1200. The first-order valence-corrected chi connectivity index (χ1v) is 12.2. The minimum atomic E-state index is -1.05. The highest BCUT2D eigenvalue weighted by molar-refractivity contribution is 5.96. The standard InChI is InChI=1S/C27H31F2N3O3/c1-30-10-3-11-32(15-14-30)26(33)25-17-19-16-20(6-7-24(19)35-25)27(34)8-12-31(13-9-27)18-21-22(28)4-2-5-23(21)29/h2,4-7,16-17,34H,3,8-15,18H2,1H3. The maximum absolute atomic E-state index is 14.0. The SMILES string of the molecule is CN1CCCN(C(=O)c2cc3cc(C4(O)CCN(Cc5c(F)cccc5F)CC4)ccc3o2)CC1. The molecular weight excluding hydrogens is 452 g/mol. The number of aliphatic hydroxyl groups is 1. The summed E-state index contributed by atoms with van der Waals surface area (Å²) in [6, 6.07) is 11.2. The van der Waals surface area contributed by atoms with Crippen LogP contribution < -0.4 is 0 Å². The normalized spacial score (nSPS) is 19.7. The van der Waals surface area contributed by atoms with E-state index in [1.165, 1.54) is 18.2 Å². The van der Waals surface area contributed by atoms with Crippen LogP contribution in [-0.2, 0) is 12.1 Å². The van der Waals surface area contributed by atoms with Crippen molar-refractivity contribution in [2.24, 2.45) is 0 Å². The summed E-state index contributed by atoms with van der Waals surface area (Å²) >= 11 is 0. The molecule has 5 rings (SSSR count). The summed E-state index contributed by atoms with van der Waals surface area (Å²) in [7, 11) is 2.06. The number of halogens is 2. The maximum Gasteiger partial charge on any atom is 0.289 e. The highest BCUT2D eigenvalue weighted by Crippen LogP contribution is 2.36. The molecule has 186 valence electrons. The Morgan fingerprint density at radius 2 is 1.74 bits per heavy atom. The van der Waals surface area contributed by atoms with E-state index in [-0.39, 0.29) is 18.0 Å². The summed E-state index contributed by atoms with van der Waals surface area (Å²) in [5.74, 6) is -0.886. The molecule has 0 unspecified atom stereocenters. The number of nitrogens with zero attached hydrogens (tertiary/aromatic N) is 3. The molecule has 0 bridgehead atoms. The molecule has 2 fully saturated rings. The molecule has 0 aliphatic carbocycles. The lowest BCUT2D eigenvalue weighted by molar-refractivity contribution is -0.0280. The van der Waals surface area contributed by atoms with Gasteiger partial charge in [0.05, 0.1) is 5.60 Å². The summed E-state index contributed by atoms with van der Waals surface area (Å²) in [4.78, 5) is 19.0. The average molecular weight is 484 g/mol. The molecule has 0 atom stereocenters. The predicted molar refractivity (Wildman–Crippen MR) is 129 cm³/mol. The maximum atomic E-state index is 14.0. The number of fused-ring (bicyclic) bond motifs is 1. The van der Waals surface area contributed by atoms with Crippen molar-refractivity contribution in [1.29, 1.82) is 0 Å². The summed E-state index contributed by atoms with van der Waals surface area (Å²) in [6.07, 6.45) is 1.82. The lowest BCUT2D eigenvalue weighted by Crippen LogP contribution is -2.42. The van der Waals surface area contributed by atoms with Crippen molar-refractivity contribution in [3.05, 3.63) is 71.0 Å². The number of carbonyl (C=O) groups excluding carboxylic acids is 1. The second-order valence-electron chi connectivity index (χ2n) is 9.82. The second kappa shape index (κ2) is 9.68. The van der Waals surface area contributed by atoms with Crippen LogP contribution in [0.15, 0.2) is 46.9 Å². The molecule has 3 heterocycles. The Kier molecular flexibility index (Phi) is 6.61. The summed E-state index contributed by atoms with van der Waals surface area (Å²) in [5, 5.41) is 12.2. The molecule has 1 N–H and O–H groups in total. The number of hydrogen-bond donors (Lipinski definition) is 1. The first-order valence-electron chi connectivity index (χ1n) is 12.2. The third kappa shape index (κ3) is 4.96. The van der Waals surface area contributed by atoms with Gasteiger partial charge in [-0.25, -0.2) is 8.78 Å². The van der Waals surface area contributed by atoms with Gasteiger partial charge >= 0.3 is 0 Å². The van der Waals surface area contributed by atoms with Crippen LogP contribution in [0.3, 0.4) is 0 Å². The lowest BCUT2D eigenvalue weighted by Gasteiger charge is -2.38. The van der Waals surface area contributed by atoms with Crippen LogP contribution in [0.5, 0.6) is 0 Å². The number of rotatable bonds is 4. The topological polar surface area (TPSA) is 60.2 Å². The van der Waals surface area contributed by atoms with Gasteiger partial charge in [-0.05, 0) is 68.8 Å². The van der Waals surface area contributed by atoms with Gasteiger partial charge in [-0.15, -0.1) is 0 Å². The van der Waals surface area contributed by atoms with E-state index in [4.69, 9.17) is 4.42 Å². The fraction of sp³-hybridized carbons (Fsp3) is 0.444. The van der Waals surface area contributed by atoms with Crippen LogP contribution in [0.1, 0.15) is 40.9 Å². The van der Waals surface area contributed by atoms with Crippen molar-refractivity contribution < 1.29 is 23.1 Å². The Morgan fingerprint density at radius 1 is 1.00 bits per heavy atom. The van der Waals surface area contributed by atoms with Gasteiger partial charge in [0.15, 0.2) is 5.76 Å². The van der Waals surface area contributed by atoms with Gasteiger partial charge < -0.3 is 19.3 Å². The van der Waals surface area contributed by atoms with E-state index >= 15 is 0 Å². The molecule has 35 heavy (non-hydrogen) atoms. The van der Waals surface area contributed by atoms with E-state index < -0.39 is 17.2 Å². The number of hydrogen-bond acceptors (Lipinski definition) is 5. The van der Waals surface area contributed by atoms with Crippen molar-refractivity contribution in [2.75, 3.05) is 46.3 Å². The number of amides is 1. The zero-order valence-electron chi connectivity index (χ0n) is 20.0. The number of furan rings is 1. The van der Waals surface area contributed by atoms with E-state index in [0.29, 0.717) is 50.4 Å². The van der Waals surface area contributed by atoms with Crippen LogP contribution >= 0.6 is 0 Å². The van der Waals surface area contributed by atoms with Gasteiger partial charge in [0.25, 0.3) is 5.91 Å². The number of likely N-dealkylation sites (N-methyl/N-ethyl adjacent to an activating group) is 1. The predicted octanol–water partition coefficient (Wildman–Crippen LogP) is 3.97. The first-order chi connectivity index (χ1) is 16.8. The number of carbonyl (C=O) groups is 1. The van der Waals surface area contributed by atoms with E-state index in [1.54, 1.807) is 12.1 Å². The van der Waals surface area contributed by atoms with Crippen LogP contribution in [0, 0.1) is 11.6 Å². The van der Waals surface area contributed by atoms with Gasteiger partial charge in [-0.2, -0.15) is 0 Å². The Hall–Kier alpha value is -2.81. The first kappa shape index (κ1) is 23.9. The molecule has 6 nitrogen and oxygen atoms in total. The molecule has 0 radical (unpaired) electrons. The van der Waals surface area contributed by atoms with Crippen LogP contribution in [0.25, 0.3) is 11.0 Å². The number of benzene rings is 2. The monoisotopic (exact) mass is 483 g/mol. The molecule has 3 aromatic rings. The fourth-order valence-corrected chi connectivity index (χ4v) is 5.12. The summed E-state index contributed by atoms with van der Waals surface area (Å²) < 4.78 is 33.9. The van der Waals surface area contributed by atoms with E-state index in [2.05, 4.69) is 11.9 Å². The number of piperidine rings is 1. The Labute approximate surface area is 203 Å². The van der Waals surface area contributed by atoms with Gasteiger partial charge in [0.1, 0.15) is 17.2 Å². The largest absolute Gasteiger partial charge is 0.451 e. The quantitative estimate of drug-likeness (QED) is 0.609. The van der Waals surface area contributed by atoms with Crippen LogP contribution in [0.4, 0.5) is 8.78 Å². The molecule has 2 saturated heterocycles. The average Bonchev–Trinajstić information content (AvgIpc) is 3.16. The Balaban J connectivity index is 1.28. The molecule has 1 amide bonds. The molecule has 8 heteroatoms. The summed E-state index contributed by atoms with van der Waals surface area (Å²) in [5.41, 5.74) is 0.388. The fourth-order valence-electron chi connectivity index (χ4n) is 5.12. The zero-order chi connectivity index (χ0) is 24.6.